The molecule has 100 valence electrons. The van der Waals surface area contributed by atoms with Gasteiger partial charge in [0.15, 0.2) is 0 Å². The van der Waals surface area contributed by atoms with Crippen molar-refractivity contribution in [2.45, 2.75) is 27.3 Å². The van der Waals surface area contributed by atoms with Crippen LogP contribution in [0, 0.1) is 20.8 Å². The third-order valence-corrected chi connectivity index (χ3v) is 3.75. The number of nitrogens with one attached hydrogen (secondary N) is 1. The molecule has 2 N–H and O–H groups in total. The average Bonchev–Trinajstić information content (AvgIpc) is 2.70. The van der Waals surface area contributed by atoms with E-state index in [4.69, 9.17) is 0 Å². The Labute approximate surface area is 115 Å². The highest BCUT2D eigenvalue weighted by Gasteiger charge is 2.15. The number of rotatable bonds is 4. The first-order valence-electron chi connectivity index (χ1n) is 5.83. The molecule has 0 fully saturated rings. The molecule has 6 heteroatoms. The predicted octanol–water partition coefficient (Wildman–Crippen LogP) is 2.77. The zero-order valence-electron chi connectivity index (χ0n) is 11.0. The number of aromatic nitrogens is 2. The van der Waals surface area contributed by atoms with Gasteiger partial charge in [0.05, 0.1) is 17.7 Å². The minimum absolute atomic E-state index is 0.229. The van der Waals surface area contributed by atoms with Crippen molar-refractivity contribution in [2.24, 2.45) is 0 Å². The summed E-state index contributed by atoms with van der Waals surface area (Å²) in [4.78, 5) is 20.8. The number of hydrogen-bond donors (Lipinski definition) is 2. The molecule has 0 spiro atoms. The molecule has 0 amide bonds. The summed E-state index contributed by atoms with van der Waals surface area (Å²) in [5.41, 5.74) is 4.47. The summed E-state index contributed by atoms with van der Waals surface area (Å²) >= 11 is 1.54. The number of aromatic carboxylic acids is 1. The number of pyridine rings is 1. The fourth-order valence-electron chi connectivity index (χ4n) is 1.89. The maximum Gasteiger partial charge on any atom is 0.339 e. The van der Waals surface area contributed by atoms with Gasteiger partial charge in [0.1, 0.15) is 11.4 Å². The van der Waals surface area contributed by atoms with E-state index < -0.39 is 5.97 Å². The number of carboxylic acids is 1. The number of nitrogens with zero attached hydrogens (tertiary/aromatic N) is 2. The normalized spacial score (nSPS) is 10.5. The molecule has 0 saturated carbocycles. The molecule has 19 heavy (non-hydrogen) atoms. The quantitative estimate of drug-likeness (QED) is 0.898. The zero-order chi connectivity index (χ0) is 14.0. The number of hydrogen-bond acceptors (Lipinski definition) is 5. The van der Waals surface area contributed by atoms with Crippen LogP contribution in [0.1, 0.15) is 32.2 Å². The highest BCUT2D eigenvalue weighted by molar-refractivity contribution is 7.09. The molecule has 2 heterocycles. The second-order valence-corrected chi connectivity index (χ2v) is 5.26. The van der Waals surface area contributed by atoms with E-state index in [9.17, 15) is 9.90 Å². The molecule has 0 aliphatic rings. The van der Waals surface area contributed by atoms with Gasteiger partial charge in [0, 0.05) is 10.6 Å². The van der Waals surface area contributed by atoms with E-state index in [1.54, 1.807) is 29.8 Å². The maximum atomic E-state index is 11.3. The fraction of sp³-hybridized carbons (Fsp3) is 0.308. The summed E-state index contributed by atoms with van der Waals surface area (Å²) in [7, 11) is 0. The Kier molecular flexibility index (Phi) is 3.80. The Morgan fingerprint density at radius 3 is 2.74 bits per heavy atom. The largest absolute Gasteiger partial charge is 0.478 e. The molecular formula is C13H15N3O2S. The van der Waals surface area contributed by atoms with Crippen molar-refractivity contribution in [3.05, 3.63) is 39.0 Å². The van der Waals surface area contributed by atoms with Crippen molar-refractivity contribution >= 4 is 23.1 Å². The molecule has 0 aliphatic carbocycles. The lowest BCUT2D eigenvalue weighted by molar-refractivity contribution is 0.0697. The van der Waals surface area contributed by atoms with E-state index >= 15 is 0 Å². The molecule has 0 atom stereocenters. The van der Waals surface area contributed by atoms with Crippen molar-refractivity contribution in [3.63, 3.8) is 0 Å². The predicted molar refractivity (Wildman–Crippen MR) is 74.8 cm³/mol. The van der Waals surface area contributed by atoms with Gasteiger partial charge in [-0.2, -0.15) is 0 Å². The zero-order valence-corrected chi connectivity index (χ0v) is 11.8. The van der Waals surface area contributed by atoms with Crippen LogP contribution >= 0.6 is 11.3 Å². The van der Waals surface area contributed by atoms with Crippen LogP contribution in [0.4, 0.5) is 5.82 Å². The van der Waals surface area contributed by atoms with Crippen LogP contribution in [0.25, 0.3) is 0 Å². The fourth-order valence-corrected chi connectivity index (χ4v) is 2.61. The van der Waals surface area contributed by atoms with Crippen molar-refractivity contribution in [3.8, 4) is 0 Å². The van der Waals surface area contributed by atoms with Crippen LogP contribution in [0.3, 0.4) is 0 Å². The molecule has 0 unspecified atom stereocenters. The smallest absolute Gasteiger partial charge is 0.339 e. The van der Waals surface area contributed by atoms with Crippen LogP contribution in [-0.4, -0.2) is 21.0 Å². The molecule has 2 aromatic heterocycles. The van der Waals surface area contributed by atoms with Gasteiger partial charge in [-0.05, 0) is 32.4 Å². The van der Waals surface area contributed by atoms with Crippen LogP contribution in [-0.2, 0) is 6.54 Å². The molecule has 2 aromatic rings. The summed E-state index contributed by atoms with van der Waals surface area (Å²) in [6.45, 7) is 6.09. The van der Waals surface area contributed by atoms with Gasteiger partial charge in [0.25, 0.3) is 0 Å². The highest BCUT2D eigenvalue weighted by Crippen LogP contribution is 2.21. The first-order valence-corrected chi connectivity index (χ1v) is 6.71. The Morgan fingerprint density at radius 1 is 1.42 bits per heavy atom. The summed E-state index contributed by atoms with van der Waals surface area (Å²) in [6.07, 6.45) is 0. The first-order chi connectivity index (χ1) is 8.99. The number of aryl methyl sites for hydroxylation is 3. The highest BCUT2D eigenvalue weighted by atomic mass is 32.1. The van der Waals surface area contributed by atoms with E-state index in [1.807, 2.05) is 13.8 Å². The summed E-state index contributed by atoms with van der Waals surface area (Å²) in [5.74, 6) is -0.550. The van der Waals surface area contributed by atoms with Gasteiger partial charge < -0.3 is 10.4 Å². The summed E-state index contributed by atoms with van der Waals surface area (Å²) in [5, 5.41) is 12.4. The lowest BCUT2D eigenvalue weighted by Crippen LogP contribution is -2.11. The number of anilines is 1. The molecule has 0 aromatic carbocycles. The Bertz CT molecular complexity index is 622. The average molecular weight is 277 g/mol. The lowest BCUT2D eigenvalue weighted by atomic mass is 10.1. The summed E-state index contributed by atoms with van der Waals surface area (Å²) in [6, 6.07) is 1.77. The number of thiazole rings is 1. The van der Waals surface area contributed by atoms with Gasteiger partial charge in [-0.15, -0.1) is 11.3 Å². The van der Waals surface area contributed by atoms with Crippen molar-refractivity contribution in [2.75, 3.05) is 5.32 Å². The van der Waals surface area contributed by atoms with Crippen LogP contribution in [0.2, 0.25) is 0 Å². The third-order valence-electron chi connectivity index (χ3n) is 2.82. The Morgan fingerprint density at radius 2 is 2.16 bits per heavy atom. The Hall–Kier alpha value is -1.95. The van der Waals surface area contributed by atoms with Gasteiger partial charge in [0.2, 0.25) is 0 Å². The van der Waals surface area contributed by atoms with E-state index in [0.29, 0.717) is 17.9 Å². The lowest BCUT2D eigenvalue weighted by Gasteiger charge is -2.11. The Balaban J connectivity index is 2.29. The molecule has 2 rings (SSSR count). The van der Waals surface area contributed by atoms with E-state index in [1.165, 1.54) is 0 Å². The van der Waals surface area contributed by atoms with E-state index in [-0.39, 0.29) is 5.56 Å². The monoisotopic (exact) mass is 277 g/mol. The maximum absolute atomic E-state index is 11.3. The molecule has 0 radical (unpaired) electrons. The SMILES string of the molecule is Cc1cc(C)c(C(=O)O)c(NCc2scnc2C)n1. The van der Waals surface area contributed by atoms with Crippen molar-refractivity contribution in [1.82, 2.24) is 9.97 Å². The number of carboxylic acid groups (broad SMARTS) is 1. The van der Waals surface area contributed by atoms with Crippen molar-refractivity contribution < 1.29 is 9.90 Å². The first kappa shape index (κ1) is 13.5. The molecule has 0 bridgehead atoms. The second kappa shape index (κ2) is 5.36. The molecule has 0 aliphatic heterocycles. The molecule has 0 saturated heterocycles. The number of carbonyl (C=O) groups is 1. The van der Waals surface area contributed by atoms with Gasteiger partial charge in [-0.25, -0.2) is 14.8 Å². The van der Waals surface area contributed by atoms with Crippen LogP contribution < -0.4 is 5.32 Å². The van der Waals surface area contributed by atoms with Crippen molar-refractivity contribution in [1.29, 1.82) is 0 Å². The van der Waals surface area contributed by atoms with Crippen LogP contribution in [0.15, 0.2) is 11.6 Å². The van der Waals surface area contributed by atoms with E-state index in [2.05, 4.69) is 15.3 Å². The minimum atomic E-state index is -0.964. The van der Waals surface area contributed by atoms with Gasteiger partial charge in [-0.3, -0.25) is 0 Å². The van der Waals surface area contributed by atoms with Gasteiger partial charge in [-0.1, -0.05) is 0 Å². The molecule has 5 nitrogen and oxygen atoms in total. The van der Waals surface area contributed by atoms with Gasteiger partial charge >= 0.3 is 5.97 Å². The topological polar surface area (TPSA) is 75.1 Å². The minimum Gasteiger partial charge on any atom is -0.478 e. The third kappa shape index (κ3) is 2.90. The van der Waals surface area contributed by atoms with Crippen LogP contribution in [0.5, 0.6) is 0 Å². The second-order valence-electron chi connectivity index (χ2n) is 4.32. The van der Waals surface area contributed by atoms with E-state index in [0.717, 1.165) is 16.3 Å². The molecular weight excluding hydrogens is 262 g/mol. The standard InChI is InChI=1S/C13H15N3O2S/c1-7-4-8(2)16-12(11(7)13(17)18)14-5-10-9(3)15-6-19-10/h4,6H,5H2,1-3H3,(H,14,16)(H,17,18). The summed E-state index contributed by atoms with van der Waals surface area (Å²) < 4.78 is 0.